The topological polar surface area (TPSA) is 46.5 Å². The third-order valence-corrected chi connectivity index (χ3v) is 2.15. The van der Waals surface area contributed by atoms with Crippen molar-refractivity contribution in [3.63, 3.8) is 0 Å². The van der Waals surface area contributed by atoms with Gasteiger partial charge in [0.15, 0.2) is 17.2 Å². The quantitative estimate of drug-likeness (QED) is 0.804. The molecule has 16 heavy (non-hydrogen) atoms. The van der Waals surface area contributed by atoms with Crippen molar-refractivity contribution in [2.24, 2.45) is 0 Å². The molecule has 3 nitrogen and oxygen atoms in total. The Hall–Kier alpha value is -1.49. The van der Waals surface area contributed by atoms with E-state index in [1.807, 2.05) is 0 Å². The van der Waals surface area contributed by atoms with E-state index >= 15 is 0 Å². The van der Waals surface area contributed by atoms with E-state index in [1.54, 1.807) is 6.92 Å². The predicted molar refractivity (Wildman–Crippen MR) is 52.6 cm³/mol. The lowest BCUT2D eigenvalue weighted by Crippen LogP contribution is -2.35. The average molecular weight is 230 g/mol. The molecule has 0 aliphatic carbocycles. The molecule has 0 saturated carbocycles. The lowest BCUT2D eigenvalue weighted by Gasteiger charge is -2.21. The zero-order chi connectivity index (χ0) is 12.3. The summed E-state index contributed by atoms with van der Waals surface area (Å²) in [5.41, 5.74) is -2.63. The van der Waals surface area contributed by atoms with Crippen LogP contribution in [-0.4, -0.2) is 17.7 Å². The van der Waals surface area contributed by atoms with Crippen molar-refractivity contribution in [1.82, 2.24) is 0 Å². The second-order valence-corrected chi connectivity index (χ2v) is 3.39. The Morgan fingerprint density at radius 2 is 2.12 bits per heavy atom. The van der Waals surface area contributed by atoms with Gasteiger partial charge in [-0.25, -0.2) is 13.6 Å². The third-order valence-electron chi connectivity index (χ3n) is 2.15. The van der Waals surface area contributed by atoms with E-state index in [2.05, 4.69) is 4.74 Å². The van der Waals surface area contributed by atoms with Gasteiger partial charge < -0.3 is 9.84 Å². The Bertz CT molecular complexity index is 402. The summed E-state index contributed by atoms with van der Waals surface area (Å²) in [6.07, 6.45) is 0. The van der Waals surface area contributed by atoms with E-state index in [9.17, 15) is 18.7 Å². The fourth-order valence-corrected chi connectivity index (χ4v) is 1.26. The second kappa shape index (κ2) is 4.57. The van der Waals surface area contributed by atoms with Crippen LogP contribution in [0.15, 0.2) is 18.2 Å². The molecule has 0 spiro atoms. The third kappa shape index (κ3) is 2.19. The first-order valence-corrected chi connectivity index (χ1v) is 4.75. The first-order valence-electron chi connectivity index (χ1n) is 4.75. The molecule has 0 heterocycles. The zero-order valence-electron chi connectivity index (χ0n) is 8.96. The SMILES string of the molecule is CCOC(=O)C(C)(O)c1cccc(F)c1F. The first kappa shape index (κ1) is 12.6. The van der Waals surface area contributed by atoms with E-state index in [-0.39, 0.29) is 6.61 Å². The van der Waals surface area contributed by atoms with Crippen LogP contribution in [-0.2, 0) is 15.1 Å². The number of carbonyl (C=O) groups is 1. The van der Waals surface area contributed by atoms with E-state index in [0.717, 1.165) is 19.1 Å². The molecule has 0 fully saturated rings. The van der Waals surface area contributed by atoms with E-state index < -0.39 is 28.8 Å². The molecular weight excluding hydrogens is 218 g/mol. The Labute approximate surface area is 91.7 Å². The molecule has 1 unspecified atom stereocenters. The van der Waals surface area contributed by atoms with Crippen molar-refractivity contribution >= 4 is 5.97 Å². The van der Waals surface area contributed by atoms with Crippen LogP contribution in [0, 0.1) is 11.6 Å². The lowest BCUT2D eigenvalue weighted by atomic mass is 9.95. The number of hydrogen-bond acceptors (Lipinski definition) is 3. The summed E-state index contributed by atoms with van der Waals surface area (Å²) in [6.45, 7) is 2.66. The second-order valence-electron chi connectivity index (χ2n) is 3.39. The van der Waals surface area contributed by atoms with Gasteiger partial charge in [0, 0.05) is 5.56 Å². The fraction of sp³-hybridized carbons (Fsp3) is 0.364. The Morgan fingerprint density at radius 3 is 2.69 bits per heavy atom. The van der Waals surface area contributed by atoms with Gasteiger partial charge in [-0.05, 0) is 19.9 Å². The van der Waals surface area contributed by atoms with Crippen molar-refractivity contribution in [3.05, 3.63) is 35.4 Å². The maximum atomic E-state index is 13.4. The van der Waals surface area contributed by atoms with Gasteiger partial charge in [-0.15, -0.1) is 0 Å². The van der Waals surface area contributed by atoms with Gasteiger partial charge in [-0.3, -0.25) is 0 Å². The van der Waals surface area contributed by atoms with Crippen LogP contribution in [0.5, 0.6) is 0 Å². The summed E-state index contributed by atoms with van der Waals surface area (Å²) in [5.74, 6) is -3.39. The molecule has 1 atom stereocenters. The van der Waals surface area contributed by atoms with Crippen LogP contribution in [0.3, 0.4) is 0 Å². The molecule has 1 N–H and O–H groups in total. The van der Waals surface area contributed by atoms with Gasteiger partial charge in [0.25, 0.3) is 0 Å². The molecule has 88 valence electrons. The fourth-order valence-electron chi connectivity index (χ4n) is 1.26. The van der Waals surface area contributed by atoms with Crippen molar-refractivity contribution < 1.29 is 23.4 Å². The van der Waals surface area contributed by atoms with Crippen molar-refractivity contribution in [3.8, 4) is 0 Å². The number of carbonyl (C=O) groups excluding carboxylic acids is 1. The minimum Gasteiger partial charge on any atom is -0.464 e. The van der Waals surface area contributed by atoms with Crippen molar-refractivity contribution in [2.75, 3.05) is 6.61 Å². The zero-order valence-corrected chi connectivity index (χ0v) is 8.96. The Balaban J connectivity index is 3.16. The summed E-state index contributed by atoms with van der Waals surface area (Å²) >= 11 is 0. The molecule has 1 rings (SSSR count). The van der Waals surface area contributed by atoms with Gasteiger partial charge in [-0.1, -0.05) is 12.1 Å². The number of hydrogen-bond donors (Lipinski definition) is 1. The maximum Gasteiger partial charge on any atom is 0.342 e. The van der Waals surface area contributed by atoms with Crippen LogP contribution in [0.1, 0.15) is 19.4 Å². The minimum absolute atomic E-state index is 0.0475. The first-order chi connectivity index (χ1) is 7.41. The summed E-state index contributed by atoms with van der Waals surface area (Å²) in [4.78, 5) is 11.4. The molecule has 0 aliphatic heterocycles. The van der Waals surface area contributed by atoms with Crippen LogP contribution in [0.2, 0.25) is 0 Å². The standard InChI is InChI=1S/C11H12F2O3/c1-3-16-10(14)11(2,15)7-5-4-6-8(12)9(7)13/h4-6,15H,3H2,1-2H3. The van der Waals surface area contributed by atoms with Crippen molar-refractivity contribution in [1.29, 1.82) is 0 Å². The highest BCUT2D eigenvalue weighted by Gasteiger charge is 2.37. The number of aliphatic hydroxyl groups is 1. The van der Waals surface area contributed by atoms with Crippen LogP contribution in [0.4, 0.5) is 8.78 Å². The molecule has 0 radical (unpaired) electrons. The van der Waals surface area contributed by atoms with E-state index in [4.69, 9.17) is 0 Å². The summed E-state index contributed by atoms with van der Waals surface area (Å²) < 4.78 is 30.9. The highest BCUT2D eigenvalue weighted by molar-refractivity contribution is 5.80. The lowest BCUT2D eigenvalue weighted by molar-refractivity contribution is -0.164. The van der Waals surface area contributed by atoms with Crippen LogP contribution < -0.4 is 0 Å². The molecule has 0 aliphatic rings. The van der Waals surface area contributed by atoms with Crippen LogP contribution >= 0.6 is 0 Å². The molecule has 0 saturated heterocycles. The summed E-state index contributed by atoms with van der Waals surface area (Å²) in [6, 6.07) is 3.25. The number of halogens is 2. The molecular formula is C11H12F2O3. The Kier molecular flexibility index (Phi) is 3.59. The number of rotatable bonds is 3. The summed E-state index contributed by atoms with van der Waals surface area (Å²) in [5, 5.41) is 9.81. The number of ether oxygens (including phenoxy) is 1. The summed E-state index contributed by atoms with van der Waals surface area (Å²) in [7, 11) is 0. The normalized spacial score (nSPS) is 14.3. The highest BCUT2D eigenvalue weighted by Crippen LogP contribution is 2.26. The number of esters is 1. The molecule has 1 aromatic carbocycles. The van der Waals surface area contributed by atoms with Gasteiger partial charge in [-0.2, -0.15) is 0 Å². The van der Waals surface area contributed by atoms with Gasteiger partial charge in [0.05, 0.1) is 6.61 Å². The predicted octanol–water partition coefficient (Wildman–Crippen LogP) is 1.74. The molecule has 1 aromatic rings. The van der Waals surface area contributed by atoms with Crippen molar-refractivity contribution in [2.45, 2.75) is 19.4 Å². The molecule has 0 aromatic heterocycles. The minimum atomic E-state index is -2.19. The van der Waals surface area contributed by atoms with Crippen LogP contribution in [0.25, 0.3) is 0 Å². The van der Waals surface area contributed by atoms with E-state index in [0.29, 0.717) is 0 Å². The largest absolute Gasteiger partial charge is 0.464 e. The maximum absolute atomic E-state index is 13.4. The van der Waals surface area contributed by atoms with Gasteiger partial charge in [0.1, 0.15) is 0 Å². The molecule has 5 heteroatoms. The smallest absolute Gasteiger partial charge is 0.342 e. The highest BCUT2D eigenvalue weighted by atomic mass is 19.2. The monoisotopic (exact) mass is 230 g/mol. The van der Waals surface area contributed by atoms with E-state index in [1.165, 1.54) is 6.07 Å². The molecule has 0 bridgehead atoms. The molecule has 0 amide bonds. The Morgan fingerprint density at radius 1 is 1.50 bits per heavy atom. The van der Waals surface area contributed by atoms with Gasteiger partial charge >= 0.3 is 5.97 Å². The van der Waals surface area contributed by atoms with Gasteiger partial charge in [0.2, 0.25) is 0 Å². The average Bonchev–Trinajstić information content (AvgIpc) is 2.22. The number of benzene rings is 1.